The number of nitrogens with zero attached hydrogens (tertiary/aromatic N) is 1. The summed E-state index contributed by atoms with van der Waals surface area (Å²) in [5, 5.41) is 9.81. The number of halogens is 13. The van der Waals surface area contributed by atoms with E-state index in [1.54, 1.807) is 0 Å². The standard InChI is InChI=1S/C32H44F13NO2S3/c1-5-7-9-10-11-12-13-14-15-16-20-50-24(49)51-26(4,21-25(3,22-46)17-8-6-2)23(47)48-19-18-27(33,34)28(35,36)29(37,38)30(39,40)31(41,42)32(43,44)45/h6H,2,5,7-21H2,1,3-4H3. The molecule has 0 N–H and O–H groups in total. The number of rotatable bonds is 25. The van der Waals surface area contributed by atoms with Crippen LogP contribution in [0.2, 0.25) is 0 Å². The Kier molecular flexibility index (Phi) is 19.7. The Balaban J connectivity index is 5.72. The summed E-state index contributed by atoms with van der Waals surface area (Å²) in [5.41, 5.74) is -1.31. The van der Waals surface area contributed by atoms with Gasteiger partial charge in [-0.05, 0) is 45.3 Å². The highest BCUT2D eigenvalue weighted by molar-refractivity contribution is 8.47. The van der Waals surface area contributed by atoms with Gasteiger partial charge in [0.2, 0.25) is 0 Å². The number of thiocarbonyl (C=S) groups is 1. The Morgan fingerprint density at radius 1 is 0.765 bits per heavy atom. The normalized spacial score (nSPS) is 15.8. The minimum Gasteiger partial charge on any atom is -0.464 e. The molecule has 0 spiro atoms. The lowest BCUT2D eigenvalue weighted by Crippen LogP contribution is -2.70. The number of nitriles is 1. The molecule has 0 aliphatic carbocycles. The maximum atomic E-state index is 14.3. The summed E-state index contributed by atoms with van der Waals surface area (Å²) in [6.07, 6.45) is 2.03. The number of carbonyl (C=O) groups is 1. The van der Waals surface area contributed by atoms with Gasteiger partial charge in [0.25, 0.3) is 0 Å². The molecule has 0 aromatic heterocycles. The van der Waals surface area contributed by atoms with Crippen LogP contribution < -0.4 is 0 Å². The van der Waals surface area contributed by atoms with Gasteiger partial charge in [0.1, 0.15) is 8.28 Å². The fourth-order valence-electron chi connectivity index (χ4n) is 4.84. The Morgan fingerprint density at radius 2 is 1.24 bits per heavy atom. The number of carbonyl (C=O) groups excluding carboxylic acids is 1. The van der Waals surface area contributed by atoms with E-state index < -0.39 is 64.9 Å². The lowest BCUT2D eigenvalue weighted by Gasteiger charge is -2.39. The molecule has 0 rings (SSSR count). The number of alkyl halides is 13. The Bertz CT molecular complexity index is 1160. The van der Waals surface area contributed by atoms with Crippen LogP contribution in [-0.4, -0.2) is 62.4 Å². The van der Waals surface area contributed by atoms with Crippen molar-refractivity contribution in [1.29, 1.82) is 5.26 Å². The van der Waals surface area contributed by atoms with E-state index in [1.807, 2.05) is 6.07 Å². The maximum Gasteiger partial charge on any atom is 0.460 e. The predicted molar refractivity (Wildman–Crippen MR) is 177 cm³/mol. The van der Waals surface area contributed by atoms with Crippen LogP contribution >= 0.6 is 35.7 Å². The molecule has 0 radical (unpaired) electrons. The van der Waals surface area contributed by atoms with E-state index in [2.05, 4.69) is 18.2 Å². The zero-order valence-electron chi connectivity index (χ0n) is 28.5. The van der Waals surface area contributed by atoms with Crippen molar-refractivity contribution in [2.45, 2.75) is 151 Å². The number of unbranched alkanes of at least 4 members (excludes halogenated alkanes) is 9. The monoisotopic (exact) mass is 817 g/mol. The molecule has 0 heterocycles. The van der Waals surface area contributed by atoms with Gasteiger partial charge in [0.15, 0.2) is 0 Å². The Labute approximate surface area is 304 Å². The number of esters is 1. The van der Waals surface area contributed by atoms with Gasteiger partial charge in [-0.3, -0.25) is 4.79 Å². The average Bonchev–Trinajstić information content (AvgIpc) is 3.01. The van der Waals surface area contributed by atoms with Crippen LogP contribution in [0.15, 0.2) is 12.7 Å². The van der Waals surface area contributed by atoms with Crippen LogP contribution in [0.4, 0.5) is 57.1 Å². The van der Waals surface area contributed by atoms with E-state index >= 15 is 0 Å². The van der Waals surface area contributed by atoms with Gasteiger partial charge >= 0.3 is 41.8 Å². The highest BCUT2D eigenvalue weighted by Gasteiger charge is 2.90. The molecule has 0 saturated carbocycles. The highest BCUT2D eigenvalue weighted by Crippen LogP contribution is 2.60. The second kappa shape index (κ2) is 20.3. The molecule has 19 heteroatoms. The molecule has 0 aliphatic rings. The number of hydrogen-bond acceptors (Lipinski definition) is 6. The van der Waals surface area contributed by atoms with E-state index in [1.165, 1.54) is 39.2 Å². The molecule has 298 valence electrons. The maximum absolute atomic E-state index is 14.3. The summed E-state index contributed by atoms with van der Waals surface area (Å²) in [7, 11) is 0. The summed E-state index contributed by atoms with van der Waals surface area (Å²) in [6, 6.07) is 2.01. The summed E-state index contributed by atoms with van der Waals surface area (Å²) in [4.78, 5) is 13.2. The molecule has 3 nitrogen and oxygen atoms in total. The molecule has 0 saturated heterocycles. The van der Waals surface area contributed by atoms with Crippen molar-refractivity contribution in [2.75, 3.05) is 12.4 Å². The van der Waals surface area contributed by atoms with Crippen molar-refractivity contribution in [3.63, 3.8) is 0 Å². The molecular formula is C32H44F13NO2S3. The van der Waals surface area contributed by atoms with Crippen LogP contribution in [0.3, 0.4) is 0 Å². The fraction of sp³-hybridized carbons (Fsp3) is 0.844. The first-order valence-electron chi connectivity index (χ1n) is 16.2. The first-order valence-corrected chi connectivity index (χ1v) is 18.4. The van der Waals surface area contributed by atoms with Crippen molar-refractivity contribution in [3.8, 4) is 6.07 Å². The van der Waals surface area contributed by atoms with Gasteiger partial charge in [0.05, 0.1) is 24.5 Å². The molecule has 0 bridgehead atoms. The zero-order valence-corrected chi connectivity index (χ0v) is 30.9. The second-order valence-electron chi connectivity index (χ2n) is 12.7. The van der Waals surface area contributed by atoms with Crippen LogP contribution in [0.25, 0.3) is 0 Å². The number of thioether (sulfide) groups is 2. The van der Waals surface area contributed by atoms with Crippen LogP contribution in [0.5, 0.6) is 0 Å². The Hall–Kier alpha value is -1.42. The van der Waals surface area contributed by atoms with Gasteiger partial charge in [-0.2, -0.15) is 62.3 Å². The summed E-state index contributed by atoms with van der Waals surface area (Å²) >= 11 is 7.21. The summed E-state index contributed by atoms with van der Waals surface area (Å²) in [6.45, 7) is 6.42. The molecular weight excluding hydrogens is 774 g/mol. The molecule has 51 heavy (non-hydrogen) atoms. The molecule has 0 aliphatic heterocycles. The van der Waals surface area contributed by atoms with Crippen molar-refractivity contribution < 1.29 is 66.6 Å². The van der Waals surface area contributed by atoms with Crippen molar-refractivity contribution >= 4 is 45.2 Å². The van der Waals surface area contributed by atoms with E-state index in [0.717, 1.165) is 56.7 Å². The third-order valence-corrected chi connectivity index (χ3v) is 10.9. The van der Waals surface area contributed by atoms with E-state index in [0.29, 0.717) is 17.5 Å². The SMILES string of the molecule is C=CCCC(C)(C#N)CC(C)(SC(=S)SCCCCCCCCCCCC)C(=O)OCCC(F)(F)C(F)(F)C(F)(F)C(F)(F)C(F)(F)C(F)(F)F. The van der Waals surface area contributed by atoms with Crippen molar-refractivity contribution in [3.05, 3.63) is 12.7 Å². The largest absolute Gasteiger partial charge is 0.464 e. The molecule has 0 fully saturated rings. The van der Waals surface area contributed by atoms with Crippen molar-refractivity contribution in [2.24, 2.45) is 5.41 Å². The quantitative estimate of drug-likeness (QED) is 0.0301. The van der Waals surface area contributed by atoms with E-state index in [9.17, 15) is 67.1 Å². The molecule has 2 unspecified atom stereocenters. The van der Waals surface area contributed by atoms with Gasteiger partial charge in [-0.1, -0.05) is 94.8 Å². The number of hydrogen-bond donors (Lipinski definition) is 0. The van der Waals surface area contributed by atoms with Crippen LogP contribution in [-0.2, 0) is 9.53 Å². The van der Waals surface area contributed by atoms with Gasteiger partial charge in [-0.25, -0.2) is 0 Å². The third kappa shape index (κ3) is 13.4. The minimum atomic E-state index is -8.02. The van der Waals surface area contributed by atoms with Gasteiger partial charge in [-0.15, -0.1) is 18.3 Å². The molecule has 0 amide bonds. The van der Waals surface area contributed by atoms with E-state index in [-0.39, 0.29) is 22.8 Å². The van der Waals surface area contributed by atoms with Crippen LogP contribution in [0, 0.1) is 16.7 Å². The average molecular weight is 818 g/mol. The summed E-state index contributed by atoms with van der Waals surface area (Å²) < 4.78 is 178. The predicted octanol–water partition coefficient (Wildman–Crippen LogP) is 13.0. The third-order valence-electron chi connectivity index (χ3n) is 8.00. The molecule has 0 aromatic rings. The van der Waals surface area contributed by atoms with Gasteiger partial charge < -0.3 is 4.74 Å². The molecule has 0 aromatic carbocycles. The second-order valence-corrected chi connectivity index (χ2v) is 16.5. The zero-order chi connectivity index (χ0) is 40.0. The number of allylic oxidation sites excluding steroid dienone is 1. The molecule has 2 atom stereocenters. The smallest absolute Gasteiger partial charge is 0.460 e. The first-order chi connectivity index (χ1) is 23.2. The lowest BCUT2D eigenvalue weighted by atomic mass is 9.78. The van der Waals surface area contributed by atoms with Crippen LogP contribution in [0.1, 0.15) is 111 Å². The van der Waals surface area contributed by atoms with Gasteiger partial charge in [0, 0.05) is 0 Å². The van der Waals surface area contributed by atoms with Crippen molar-refractivity contribution in [1.82, 2.24) is 0 Å². The number of ether oxygens (including phenoxy) is 1. The lowest BCUT2D eigenvalue weighted by molar-refractivity contribution is -0.440. The minimum absolute atomic E-state index is 0.130. The van der Waals surface area contributed by atoms with E-state index in [4.69, 9.17) is 12.2 Å². The topological polar surface area (TPSA) is 50.1 Å². The Morgan fingerprint density at radius 3 is 1.69 bits per heavy atom. The highest BCUT2D eigenvalue weighted by atomic mass is 32.2. The first kappa shape index (κ1) is 49.6. The fourth-order valence-corrected chi connectivity index (χ4v) is 8.10. The summed E-state index contributed by atoms with van der Waals surface area (Å²) in [5.74, 6) is -38.6.